The van der Waals surface area contributed by atoms with Gasteiger partial charge in [0, 0.05) is 52.4 Å². The highest BCUT2D eigenvalue weighted by atomic mass is 16.5. The van der Waals surface area contributed by atoms with Crippen molar-refractivity contribution in [1.29, 1.82) is 0 Å². The van der Waals surface area contributed by atoms with Gasteiger partial charge in [-0.05, 0) is 37.7 Å². The molecule has 28 heavy (non-hydrogen) atoms. The van der Waals surface area contributed by atoms with Crippen LogP contribution in [0.15, 0.2) is 35.3 Å². The Hall–Kier alpha value is -1.59. The van der Waals surface area contributed by atoms with Gasteiger partial charge in [-0.1, -0.05) is 44.2 Å². The number of hydrogen-bond donors (Lipinski definition) is 1. The van der Waals surface area contributed by atoms with Crippen molar-refractivity contribution in [3.8, 4) is 0 Å². The second-order valence-electron chi connectivity index (χ2n) is 7.86. The van der Waals surface area contributed by atoms with Gasteiger partial charge < -0.3 is 19.7 Å². The van der Waals surface area contributed by atoms with Crippen molar-refractivity contribution in [2.75, 3.05) is 46.5 Å². The van der Waals surface area contributed by atoms with E-state index in [1.165, 1.54) is 5.56 Å². The zero-order chi connectivity index (χ0) is 20.2. The fourth-order valence-electron chi connectivity index (χ4n) is 3.70. The van der Waals surface area contributed by atoms with Gasteiger partial charge in [0.25, 0.3) is 0 Å². The Balaban J connectivity index is 1.91. The summed E-state index contributed by atoms with van der Waals surface area (Å²) < 4.78 is 11.1. The first-order valence-electron chi connectivity index (χ1n) is 10.8. The van der Waals surface area contributed by atoms with Crippen LogP contribution in [-0.2, 0) is 9.47 Å². The lowest BCUT2D eigenvalue weighted by molar-refractivity contribution is 0.00990. The second-order valence-corrected chi connectivity index (χ2v) is 7.86. The van der Waals surface area contributed by atoms with Crippen molar-refractivity contribution in [2.24, 2.45) is 10.9 Å². The summed E-state index contributed by atoms with van der Waals surface area (Å²) in [6.45, 7) is 12.0. The molecule has 1 aliphatic rings. The fourth-order valence-corrected chi connectivity index (χ4v) is 3.70. The summed E-state index contributed by atoms with van der Waals surface area (Å²) in [6.07, 6.45) is 3.45. The summed E-state index contributed by atoms with van der Waals surface area (Å²) >= 11 is 0. The van der Waals surface area contributed by atoms with Gasteiger partial charge in [-0.15, -0.1) is 0 Å². The molecule has 1 unspecified atom stereocenters. The first-order valence-corrected chi connectivity index (χ1v) is 10.8. The minimum Gasteiger partial charge on any atom is -0.385 e. The highest BCUT2D eigenvalue weighted by molar-refractivity contribution is 5.80. The number of ether oxygens (including phenoxy) is 2. The van der Waals surface area contributed by atoms with E-state index < -0.39 is 0 Å². The number of benzene rings is 1. The highest BCUT2D eigenvalue weighted by Crippen LogP contribution is 2.25. The molecule has 1 saturated heterocycles. The zero-order valence-electron chi connectivity index (χ0n) is 18.2. The molecule has 1 aromatic carbocycles. The number of rotatable bonds is 10. The summed E-state index contributed by atoms with van der Waals surface area (Å²) in [7, 11) is 1.74. The van der Waals surface area contributed by atoms with E-state index in [0.717, 1.165) is 64.6 Å². The molecule has 0 radical (unpaired) electrons. The molecule has 158 valence electrons. The van der Waals surface area contributed by atoms with Crippen molar-refractivity contribution in [3.05, 3.63) is 35.9 Å². The summed E-state index contributed by atoms with van der Waals surface area (Å²) in [5.41, 5.74) is 1.38. The second kappa shape index (κ2) is 12.8. The van der Waals surface area contributed by atoms with Crippen molar-refractivity contribution < 1.29 is 9.47 Å². The lowest BCUT2D eigenvalue weighted by atomic mass is 9.88. The molecule has 0 aromatic heterocycles. The number of aliphatic imine (C=N–C) groups is 1. The summed E-state index contributed by atoms with van der Waals surface area (Å²) in [5.74, 6) is 2.04. The number of nitrogens with zero attached hydrogens (tertiary/aromatic N) is 2. The molecular formula is C23H39N3O2. The van der Waals surface area contributed by atoms with Crippen LogP contribution in [0.1, 0.15) is 51.5 Å². The molecule has 0 spiro atoms. The molecular weight excluding hydrogens is 350 g/mol. The van der Waals surface area contributed by atoms with Gasteiger partial charge >= 0.3 is 0 Å². The molecule has 1 aromatic rings. The van der Waals surface area contributed by atoms with Crippen LogP contribution in [0.5, 0.6) is 0 Å². The molecule has 1 atom stereocenters. The highest BCUT2D eigenvalue weighted by Gasteiger charge is 2.22. The van der Waals surface area contributed by atoms with Crippen molar-refractivity contribution in [1.82, 2.24) is 10.2 Å². The molecule has 0 amide bonds. The molecule has 5 nitrogen and oxygen atoms in total. The maximum atomic E-state index is 5.99. The van der Waals surface area contributed by atoms with E-state index in [2.05, 4.69) is 61.3 Å². The van der Waals surface area contributed by atoms with Crippen LogP contribution >= 0.6 is 0 Å². The van der Waals surface area contributed by atoms with Crippen molar-refractivity contribution in [2.45, 2.75) is 52.1 Å². The fraction of sp³-hybridized carbons (Fsp3) is 0.696. The molecule has 1 fully saturated rings. The number of likely N-dealkylation sites (tertiary alicyclic amines) is 1. The summed E-state index contributed by atoms with van der Waals surface area (Å²) in [4.78, 5) is 7.41. The first kappa shape index (κ1) is 22.7. The lowest BCUT2D eigenvalue weighted by Gasteiger charge is -2.34. The van der Waals surface area contributed by atoms with Crippen LogP contribution < -0.4 is 5.32 Å². The molecule has 1 N–H and O–H groups in total. The third kappa shape index (κ3) is 7.44. The maximum absolute atomic E-state index is 5.99. The van der Waals surface area contributed by atoms with Gasteiger partial charge in [0.1, 0.15) is 0 Å². The Morgan fingerprint density at radius 1 is 1.18 bits per heavy atom. The van der Waals surface area contributed by atoms with Crippen molar-refractivity contribution in [3.63, 3.8) is 0 Å². The maximum Gasteiger partial charge on any atom is 0.193 e. The zero-order valence-corrected chi connectivity index (χ0v) is 18.2. The van der Waals surface area contributed by atoms with Crippen LogP contribution in [0.4, 0.5) is 0 Å². The minimum absolute atomic E-state index is 0.365. The lowest BCUT2D eigenvalue weighted by Crippen LogP contribution is -2.47. The predicted octanol–water partition coefficient (Wildman–Crippen LogP) is 3.91. The molecule has 5 heteroatoms. The summed E-state index contributed by atoms with van der Waals surface area (Å²) in [6, 6.07) is 10.8. The number of methoxy groups -OCH3 is 1. The van der Waals surface area contributed by atoms with Gasteiger partial charge in [0.2, 0.25) is 0 Å². The van der Waals surface area contributed by atoms with E-state index in [1.807, 2.05) is 0 Å². The van der Waals surface area contributed by atoms with E-state index in [4.69, 9.17) is 14.5 Å². The standard InChI is InChI=1S/C23H39N3O2/c1-5-24-23(25-18-22(19(2)3)20-10-7-6-8-11-20)26-14-12-21(13-15-26)28-17-9-16-27-4/h6-8,10-11,19,21-22H,5,9,12-18H2,1-4H3,(H,24,25). The number of hydrogen-bond acceptors (Lipinski definition) is 3. The Morgan fingerprint density at radius 2 is 1.89 bits per heavy atom. The van der Waals surface area contributed by atoms with E-state index in [1.54, 1.807) is 7.11 Å². The topological polar surface area (TPSA) is 46.1 Å². The monoisotopic (exact) mass is 389 g/mol. The number of guanidine groups is 1. The van der Waals surface area contributed by atoms with Crippen LogP contribution in [-0.4, -0.2) is 63.5 Å². The SMILES string of the molecule is CCNC(=NCC(c1ccccc1)C(C)C)N1CCC(OCCCOC)CC1. The van der Waals surface area contributed by atoms with Crippen LogP contribution in [0.2, 0.25) is 0 Å². The molecule has 0 aliphatic carbocycles. The van der Waals surface area contributed by atoms with Crippen molar-refractivity contribution >= 4 is 5.96 Å². The van der Waals surface area contributed by atoms with E-state index in [0.29, 0.717) is 17.9 Å². The Kier molecular flexibility index (Phi) is 10.4. The largest absolute Gasteiger partial charge is 0.385 e. The van der Waals surface area contributed by atoms with Crippen LogP contribution in [0.25, 0.3) is 0 Å². The molecule has 0 bridgehead atoms. The predicted molar refractivity (Wildman–Crippen MR) is 117 cm³/mol. The third-order valence-electron chi connectivity index (χ3n) is 5.39. The third-order valence-corrected chi connectivity index (χ3v) is 5.39. The average molecular weight is 390 g/mol. The Labute approximate surface area is 171 Å². The molecule has 0 saturated carbocycles. The van der Waals surface area contributed by atoms with E-state index in [-0.39, 0.29) is 0 Å². The Morgan fingerprint density at radius 3 is 2.50 bits per heavy atom. The van der Waals surface area contributed by atoms with Crippen LogP contribution in [0.3, 0.4) is 0 Å². The van der Waals surface area contributed by atoms with Gasteiger partial charge in [0.15, 0.2) is 5.96 Å². The quantitative estimate of drug-likeness (QED) is 0.374. The Bertz CT molecular complexity index is 554. The minimum atomic E-state index is 0.365. The molecule has 1 heterocycles. The van der Waals surface area contributed by atoms with Crippen LogP contribution in [0, 0.1) is 5.92 Å². The van der Waals surface area contributed by atoms with E-state index in [9.17, 15) is 0 Å². The molecule has 2 rings (SSSR count). The smallest absolute Gasteiger partial charge is 0.193 e. The van der Waals surface area contributed by atoms with Gasteiger partial charge in [0.05, 0.1) is 6.10 Å². The average Bonchev–Trinajstić information content (AvgIpc) is 2.72. The first-order chi connectivity index (χ1) is 13.7. The van der Waals surface area contributed by atoms with Gasteiger partial charge in [-0.25, -0.2) is 0 Å². The molecule has 1 aliphatic heterocycles. The normalized spacial score (nSPS) is 17.2. The summed E-state index contributed by atoms with van der Waals surface area (Å²) in [5, 5.41) is 3.49. The van der Waals surface area contributed by atoms with Gasteiger partial charge in [-0.3, -0.25) is 4.99 Å². The van der Waals surface area contributed by atoms with Gasteiger partial charge in [-0.2, -0.15) is 0 Å². The number of nitrogens with one attached hydrogen (secondary N) is 1. The van der Waals surface area contributed by atoms with E-state index >= 15 is 0 Å². The number of piperidine rings is 1.